The number of rotatable bonds is 6. The molecule has 25 heavy (non-hydrogen) atoms. The molecule has 0 fully saturated rings. The first-order valence-electron chi connectivity index (χ1n) is 8.04. The number of fused-ring (bicyclic) bond motifs is 1. The molecule has 128 valence electrons. The normalized spacial score (nSPS) is 12.2. The summed E-state index contributed by atoms with van der Waals surface area (Å²) in [5.41, 5.74) is 4.04. The molecule has 0 aliphatic rings. The van der Waals surface area contributed by atoms with Crippen LogP contribution in [0.5, 0.6) is 0 Å². The number of aromatic nitrogens is 1. The topological polar surface area (TPSA) is 39.6 Å². The van der Waals surface area contributed by atoms with Crippen LogP contribution in [0.15, 0.2) is 42.6 Å². The zero-order chi connectivity index (χ0) is 17.8. The molecule has 0 saturated carbocycles. The molecule has 1 aromatic heterocycles. The monoisotopic (exact) mass is 372 g/mol. The number of nitrogens with zero attached hydrogens (tertiary/aromatic N) is 1. The van der Waals surface area contributed by atoms with E-state index >= 15 is 0 Å². The maximum atomic E-state index is 14.2. The second-order valence-corrected chi connectivity index (χ2v) is 7.27. The first-order valence-corrected chi connectivity index (χ1v) is 9.82. The molecular weight excluding hydrogens is 355 g/mol. The van der Waals surface area contributed by atoms with Gasteiger partial charge in [-0.3, -0.25) is 0 Å². The Bertz CT molecular complexity index is 912. The van der Waals surface area contributed by atoms with Crippen LogP contribution < -0.4 is 0 Å². The average molecular weight is 373 g/mol. The van der Waals surface area contributed by atoms with Crippen molar-refractivity contribution in [1.82, 2.24) is 4.98 Å². The minimum Gasteiger partial charge on any atom is -0.361 e. The van der Waals surface area contributed by atoms with Crippen molar-refractivity contribution in [3.63, 3.8) is 0 Å². The summed E-state index contributed by atoms with van der Waals surface area (Å²) in [5.74, 6) is 0.542. The van der Waals surface area contributed by atoms with Crippen LogP contribution in [0.4, 0.5) is 4.39 Å². The van der Waals surface area contributed by atoms with Gasteiger partial charge in [0.1, 0.15) is 5.82 Å². The Morgan fingerprint density at radius 2 is 2.04 bits per heavy atom. The third-order valence-electron chi connectivity index (χ3n) is 4.36. The summed E-state index contributed by atoms with van der Waals surface area (Å²) in [7, 11) is 0. The van der Waals surface area contributed by atoms with E-state index in [1.807, 2.05) is 36.7 Å². The molecule has 0 aliphatic carbocycles. The Morgan fingerprint density at radius 3 is 2.72 bits per heavy atom. The zero-order valence-corrected chi connectivity index (χ0v) is 15.4. The van der Waals surface area contributed by atoms with Crippen LogP contribution in [-0.4, -0.2) is 11.2 Å². The maximum absolute atomic E-state index is 14.2. The van der Waals surface area contributed by atoms with Gasteiger partial charge >= 0.3 is 0 Å². The zero-order valence-electron chi connectivity index (χ0n) is 13.9. The highest BCUT2D eigenvalue weighted by molar-refractivity contribution is 7.97. The van der Waals surface area contributed by atoms with Gasteiger partial charge in [-0.05, 0) is 53.6 Å². The number of thioether (sulfide) groups is 1. The second-order valence-electron chi connectivity index (χ2n) is 5.97. The SMILES string of the molecule is CSCc1cc(F)cc2c(C(CCC#N)c3ccc(Cl)cc3)c[nH]c12. The second kappa shape index (κ2) is 7.95. The molecular formula is C20H18ClFN2S. The summed E-state index contributed by atoms with van der Waals surface area (Å²) >= 11 is 7.67. The number of halogens is 2. The molecule has 0 spiro atoms. The first kappa shape index (κ1) is 17.8. The summed E-state index contributed by atoms with van der Waals surface area (Å²) in [6, 6.07) is 13.1. The van der Waals surface area contributed by atoms with Crippen molar-refractivity contribution in [3.05, 3.63) is 70.1 Å². The van der Waals surface area contributed by atoms with Crippen molar-refractivity contribution >= 4 is 34.3 Å². The lowest BCUT2D eigenvalue weighted by Gasteiger charge is -2.16. The Hall–Kier alpha value is -1.96. The molecule has 5 heteroatoms. The van der Waals surface area contributed by atoms with E-state index in [1.165, 1.54) is 0 Å². The molecule has 1 atom stereocenters. The highest BCUT2D eigenvalue weighted by Gasteiger charge is 2.20. The predicted octanol–water partition coefficient (Wildman–Crippen LogP) is 6.26. The molecule has 2 aromatic carbocycles. The van der Waals surface area contributed by atoms with Crippen molar-refractivity contribution in [3.8, 4) is 6.07 Å². The number of benzene rings is 2. The molecule has 0 aliphatic heterocycles. The number of hydrogen-bond acceptors (Lipinski definition) is 2. The van der Waals surface area contributed by atoms with Crippen LogP contribution in [0, 0.1) is 17.1 Å². The minimum absolute atomic E-state index is 0.0228. The van der Waals surface area contributed by atoms with Gasteiger partial charge in [0.05, 0.1) is 6.07 Å². The number of aromatic amines is 1. The molecule has 0 bridgehead atoms. The molecule has 0 radical (unpaired) electrons. The molecule has 3 rings (SSSR count). The van der Waals surface area contributed by atoms with Crippen molar-refractivity contribution in [2.75, 3.05) is 6.26 Å². The minimum atomic E-state index is -0.229. The van der Waals surface area contributed by atoms with Crippen LogP contribution in [-0.2, 0) is 5.75 Å². The van der Waals surface area contributed by atoms with Gasteiger partial charge < -0.3 is 4.98 Å². The average Bonchev–Trinajstić information content (AvgIpc) is 3.01. The van der Waals surface area contributed by atoms with E-state index in [0.717, 1.165) is 33.3 Å². The van der Waals surface area contributed by atoms with Crippen LogP contribution in [0.2, 0.25) is 5.02 Å². The summed E-state index contributed by atoms with van der Waals surface area (Å²) in [6.45, 7) is 0. The van der Waals surface area contributed by atoms with Crippen LogP contribution >= 0.6 is 23.4 Å². The third kappa shape index (κ3) is 3.84. The van der Waals surface area contributed by atoms with Crippen molar-refractivity contribution in [1.29, 1.82) is 5.26 Å². The largest absolute Gasteiger partial charge is 0.361 e. The molecule has 3 aromatic rings. The standard InChI is InChI=1S/C20H18ClFN2S/c1-25-12-14-9-16(22)10-18-19(11-24-20(14)18)17(3-2-8-23)13-4-6-15(21)7-5-13/h4-7,9-11,17,24H,2-3,12H2,1H3. The maximum Gasteiger partial charge on any atom is 0.124 e. The van der Waals surface area contributed by atoms with Gasteiger partial charge in [-0.15, -0.1) is 0 Å². The fourth-order valence-corrected chi connectivity index (χ4v) is 3.92. The van der Waals surface area contributed by atoms with Crippen LogP contribution in [0.1, 0.15) is 35.4 Å². The molecule has 0 saturated heterocycles. The fourth-order valence-electron chi connectivity index (χ4n) is 3.25. The number of nitriles is 1. The van der Waals surface area contributed by atoms with Gasteiger partial charge in [-0.25, -0.2) is 4.39 Å². The Labute approximate surface area is 156 Å². The van der Waals surface area contributed by atoms with E-state index in [0.29, 0.717) is 17.9 Å². The van der Waals surface area contributed by atoms with Crippen LogP contribution in [0.3, 0.4) is 0 Å². The van der Waals surface area contributed by atoms with Gasteiger partial charge in [0.25, 0.3) is 0 Å². The Morgan fingerprint density at radius 1 is 1.28 bits per heavy atom. The number of nitrogens with one attached hydrogen (secondary N) is 1. The van der Waals surface area contributed by atoms with E-state index in [2.05, 4.69) is 11.1 Å². The van der Waals surface area contributed by atoms with Crippen LogP contribution in [0.25, 0.3) is 10.9 Å². The Balaban J connectivity index is 2.12. The lowest BCUT2D eigenvalue weighted by Crippen LogP contribution is -2.00. The van der Waals surface area contributed by atoms with Crippen molar-refractivity contribution in [2.45, 2.75) is 24.5 Å². The smallest absolute Gasteiger partial charge is 0.124 e. The number of H-pyrrole nitrogens is 1. The van der Waals surface area contributed by atoms with Gasteiger partial charge in [0.2, 0.25) is 0 Å². The molecule has 1 unspecified atom stereocenters. The van der Waals surface area contributed by atoms with Gasteiger partial charge in [-0.2, -0.15) is 17.0 Å². The molecule has 0 amide bonds. The predicted molar refractivity (Wildman–Crippen MR) is 104 cm³/mol. The van der Waals surface area contributed by atoms with Gasteiger partial charge in [-0.1, -0.05) is 23.7 Å². The summed E-state index contributed by atoms with van der Waals surface area (Å²) < 4.78 is 14.2. The lowest BCUT2D eigenvalue weighted by molar-refractivity contribution is 0.628. The van der Waals surface area contributed by atoms with Gasteiger partial charge in [0, 0.05) is 40.2 Å². The van der Waals surface area contributed by atoms with Gasteiger partial charge in [0.15, 0.2) is 0 Å². The quantitative estimate of drug-likeness (QED) is 0.554. The molecule has 1 heterocycles. The number of hydrogen-bond donors (Lipinski definition) is 1. The summed E-state index contributed by atoms with van der Waals surface area (Å²) in [5, 5.41) is 10.6. The Kier molecular flexibility index (Phi) is 5.67. The summed E-state index contributed by atoms with van der Waals surface area (Å²) in [6.07, 6.45) is 5.07. The summed E-state index contributed by atoms with van der Waals surface area (Å²) in [4.78, 5) is 3.32. The van der Waals surface area contributed by atoms with E-state index in [4.69, 9.17) is 16.9 Å². The fraction of sp³-hybridized carbons (Fsp3) is 0.250. The third-order valence-corrected chi connectivity index (χ3v) is 5.21. The van der Waals surface area contributed by atoms with E-state index in [9.17, 15) is 4.39 Å². The highest BCUT2D eigenvalue weighted by atomic mass is 35.5. The first-order chi connectivity index (χ1) is 12.1. The lowest BCUT2D eigenvalue weighted by atomic mass is 9.87. The molecule has 1 N–H and O–H groups in total. The van der Waals surface area contributed by atoms with Crippen molar-refractivity contribution < 1.29 is 4.39 Å². The van der Waals surface area contributed by atoms with E-state index < -0.39 is 0 Å². The van der Waals surface area contributed by atoms with Crippen molar-refractivity contribution in [2.24, 2.45) is 0 Å². The molecule has 2 nitrogen and oxygen atoms in total. The van der Waals surface area contributed by atoms with E-state index in [1.54, 1.807) is 23.9 Å². The van der Waals surface area contributed by atoms with E-state index in [-0.39, 0.29) is 11.7 Å². The highest BCUT2D eigenvalue weighted by Crippen LogP contribution is 2.36.